The summed E-state index contributed by atoms with van der Waals surface area (Å²) in [6.07, 6.45) is 8.18. The van der Waals surface area contributed by atoms with Crippen LogP contribution in [0, 0.1) is 0 Å². The highest BCUT2D eigenvalue weighted by molar-refractivity contribution is 7.94. The van der Waals surface area contributed by atoms with E-state index in [1.54, 1.807) is 0 Å². The van der Waals surface area contributed by atoms with E-state index in [0.717, 1.165) is 32.1 Å². The molecule has 0 aromatic carbocycles. The third kappa shape index (κ3) is 2.66. The quantitative estimate of drug-likeness (QED) is 0.608. The molecule has 0 saturated carbocycles. The van der Waals surface area contributed by atoms with Gasteiger partial charge in [0.05, 0.1) is 0 Å². The van der Waals surface area contributed by atoms with Crippen LogP contribution in [-0.2, 0) is 9.84 Å². The van der Waals surface area contributed by atoms with E-state index in [4.69, 9.17) is 0 Å². The molecule has 2 nitrogen and oxygen atoms in total. The van der Waals surface area contributed by atoms with Crippen LogP contribution in [0.1, 0.15) is 32.1 Å². The molecule has 1 rings (SSSR count). The first-order chi connectivity index (χ1) is 5.11. The van der Waals surface area contributed by atoms with Gasteiger partial charge in [-0.1, -0.05) is 12.5 Å². The summed E-state index contributed by atoms with van der Waals surface area (Å²) in [5.74, 6) is 0. The minimum absolute atomic E-state index is 0.648. The van der Waals surface area contributed by atoms with Crippen molar-refractivity contribution in [2.45, 2.75) is 32.1 Å². The van der Waals surface area contributed by atoms with Gasteiger partial charge in [0.2, 0.25) is 0 Å². The first-order valence-corrected chi connectivity index (χ1v) is 5.89. The molecule has 64 valence electrons. The zero-order valence-corrected chi connectivity index (χ0v) is 7.65. The standard InChI is InChI=1S/C8H14O2S/c1-11(9,10)8-6-4-2-3-5-7-8/h6H,2-5,7H2,1H3. The molecular formula is C8H14O2S. The minimum Gasteiger partial charge on any atom is -0.224 e. The van der Waals surface area contributed by atoms with Gasteiger partial charge >= 0.3 is 0 Å². The summed E-state index contributed by atoms with van der Waals surface area (Å²) in [4.78, 5) is 0.648. The van der Waals surface area contributed by atoms with Crippen LogP contribution in [0.5, 0.6) is 0 Å². The van der Waals surface area contributed by atoms with Gasteiger partial charge in [-0.15, -0.1) is 0 Å². The Hall–Kier alpha value is -0.310. The van der Waals surface area contributed by atoms with Crippen molar-refractivity contribution in [2.75, 3.05) is 6.26 Å². The average Bonchev–Trinajstić information content (AvgIpc) is 2.10. The molecule has 0 heterocycles. The van der Waals surface area contributed by atoms with Crippen molar-refractivity contribution in [1.82, 2.24) is 0 Å². The first-order valence-electron chi connectivity index (χ1n) is 4.00. The van der Waals surface area contributed by atoms with Gasteiger partial charge in [0, 0.05) is 11.2 Å². The van der Waals surface area contributed by atoms with Crippen LogP contribution in [0.3, 0.4) is 0 Å². The van der Waals surface area contributed by atoms with E-state index in [-0.39, 0.29) is 0 Å². The fourth-order valence-corrected chi connectivity index (χ4v) is 2.26. The lowest BCUT2D eigenvalue weighted by Crippen LogP contribution is -1.99. The average molecular weight is 174 g/mol. The fraction of sp³-hybridized carbons (Fsp3) is 0.750. The molecule has 0 radical (unpaired) electrons. The molecule has 0 N–H and O–H groups in total. The number of rotatable bonds is 1. The van der Waals surface area contributed by atoms with Crippen molar-refractivity contribution >= 4 is 9.84 Å². The van der Waals surface area contributed by atoms with Gasteiger partial charge in [0.25, 0.3) is 0 Å². The van der Waals surface area contributed by atoms with Crippen molar-refractivity contribution in [3.8, 4) is 0 Å². The van der Waals surface area contributed by atoms with Crippen molar-refractivity contribution in [3.63, 3.8) is 0 Å². The molecule has 0 aromatic rings. The van der Waals surface area contributed by atoms with Crippen LogP contribution in [0.2, 0.25) is 0 Å². The third-order valence-corrected chi connectivity index (χ3v) is 3.30. The molecule has 3 heteroatoms. The molecule has 0 aliphatic heterocycles. The topological polar surface area (TPSA) is 34.1 Å². The van der Waals surface area contributed by atoms with Crippen LogP contribution in [0.4, 0.5) is 0 Å². The summed E-state index contributed by atoms with van der Waals surface area (Å²) in [6.45, 7) is 0. The minimum atomic E-state index is -2.89. The highest BCUT2D eigenvalue weighted by Crippen LogP contribution is 2.20. The maximum atomic E-state index is 11.1. The van der Waals surface area contributed by atoms with Gasteiger partial charge < -0.3 is 0 Å². The smallest absolute Gasteiger partial charge is 0.171 e. The molecule has 0 atom stereocenters. The molecule has 1 aliphatic rings. The van der Waals surface area contributed by atoms with Gasteiger partial charge in [-0.2, -0.15) is 0 Å². The van der Waals surface area contributed by atoms with Crippen molar-refractivity contribution in [2.24, 2.45) is 0 Å². The maximum absolute atomic E-state index is 11.1. The molecular weight excluding hydrogens is 160 g/mol. The lowest BCUT2D eigenvalue weighted by molar-refractivity contribution is 0.604. The molecule has 11 heavy (non-hydrogen) atoms. The summed E-state index contributed by atoms with van der Waals surface area (Å²) >= 11 is 0. The van der Waals surface area contributed by atoms with Gasteiger partial charge in [-0.25, -0.2) is 8.42 Å². The summed E-state index contributed by atoms with van der Waals surface area (Å²) in [7, 11) is -2.89. The molecule has 0 amide bonds. The summed E-state index contributed by atoms with van der Waals surface area (Å²) in [5, 5.41) is 0. The lowest BCUT2D eigenvalue weighted by atomic mass is 10.2. The number of allylic oxidation sites excluding steroid dienone is 2. The molecule has 1 aliphatic carbocycles. The highest BCUT2D eigenvalue weighted by atomic mass is 32.2. The van der Waals surface area contributed by atoms with Gasteiger partial charge in [0.15, 0.2) is 9.84 Å². The van der Waals surface area contributed by atoms with Crippen LogP contribution in [0.15, 0.2) is 11.0 Å². The summed E-state index contributed by atoms with van der Waals surface area (Å²) in [6, 6.07) is 0. The Morgan fingerprint density at radius 1 is 1.27 bits per heavy atom. The third-order valence-electron chi connectivity index (χ3n) is 1.98. The second kappa shape index (κ2) is 3.39. The largest absolute Gasteiger partial charge is 0.224 e. The SMILES string of the molecule is CS(=O)(=O)C1=CCCCCC1. The second-order valence-electron chi connectivity index (χ2n) is 3.04. The Balaban J connectivity index is 2.77. The van der Waals surface area contributed by atoms with Crippen LogP contribution in [-0.4, -0.2) is 14.7 Å². The number of hydrogen-bond donors (Lipinski definition) is 0. The van der Waals surface area contributed by atoms with E-state index in [2.05, 4.69) is 0 Å². The molecule has 0 bridgehead atoms. The molecule has 0 saturated heterocycles. The first kappa shape index (κ1) is 8.78. The Labute approximate surface area is 68.2 Å². The normalized spacial score (nSPS) is 20.6. The van der Waals surface area contributed by atoms with E-state index in [1.165, 1.54) is 6.26 Å². The van der Waals surface area contributed by atoms with Crippen LogP contribution < -0.4 is 0 Å². The van der Waals surface area contributed by atoms with E-state index in [9.17, 15) is 8.42 Å². The predicted molar refractivity (Wildman–Crippen MR) is 46.0 cm³/mol. The zero-order chi connectivity index (χ0) is 8.32. The zero-order valence-electron chi connectivity index (χ0n) is 6.84. The summed E-state index contributed by atoms with van der Waals surface area (Å²) < 4.78 is 22.1. The molecule has 0 unspecified atom stereocenters. The second-order valence-corrected chi connectivity index (χ2v) is 5.11. The lowest BCUT2D eigenvalue weighted by Gasteiger charge is -1.99. The van der Waals surface area contributed by atoms with Crippen LogP contribution >= 0.6 is 0 Å². The van der Waals surface area contributed by atoms with Crippen molar-refractivity contribution in [1.29, 1.82) is 0 Å². The van der Waals surface area contributed by atoms with Crippen molar-refractivity contribution < 1.29 is 8.42 Å². The van der Waals surface area contributed by atoms with Crippen LogP contribution in [0.25, 0.3) is 0 Å². The van der Waals surface area contributed by atoms with E-state index in [1.807, 2.05) is 6.08 Å². The maximum Gasteiger partial charge on any atom is 0.171 e. The van der Waals surface area contributed by atoms with E-state index < -0.39 is 9.84 Å². The number of sulfone groups is 1. The van der Waals surface area contributed by atoms with Gasteiger partial charge in [-0.05, 0) is 25.7 Å². The predicted octanol–water partition coefficient (Wildman–Crippen LogP) is 1.88. The molecule has 0 fully saturated rings. The Bertz CT molecular complexity index is 249. The summed E-state index contributed by atoms with van der Waals surface area (Å²) in [5.41, 5.74) is 0. The number of hydrogen-bond acceptors (Lipinski definition) is 2. The van der Waals surface area contributed by atoms with Gasteiger partial charge in [-0.3, -0.25) is 0 Å². The highest BCUT2D eigenvalue weighted by Gasteiger charge is 2.11. The van der Waals surface area contributed by atoms with E-state index >= 15 is 0 Å². The Kier molecular flexibility index (Phi) is 2.71. The Morgan fingerprint density at radius 3 is 2.64 bits per heavy atom. The fourth-order valence-electron chi connectivity index (χ4n) is 1.32. The van der Waals surface area contributed by atoms with Crippen molar-refractivity contribution in [3.05, 3.63) is 11.0 Å². The van der Waals surface area contributed by atoms with Gasteiger partial charge in [0.1, 0.15) is 0 Å². The Morgan fingerprint density at radius 2 is 2.00 bits per heavy atom. The monoisotopic (exact) mass is 174 g/mol. The molecule has 0 spiro atoms. The molecule has 0 aromatic heterocycles. The van der Waals surface area contributed by atoms with E-state index in [0.29, 0.717) is 4.91 Å².